The van der Waals surface area contributed by atoms with Gasteiger partial charge in [-0.1, -0.05) is 0 Å². The van der Waals surface area contributed by atoms with Crippen LogP contribution in [0.3, 0.4) is 0 Å². The number of hydrogen-bond acceptors (Lipinski definition) is 6. The molecular formula is C18H22FN3O5. The number of carbonyl (C=O) groups is 1. The monoisotopic (exact) mass is 379 g/mol. The zero-order chi connectivity index (χ0) is 19.9. The van der Waals surface area contributed by atoms with Gasteiger partial charge in [0.1, 0.15) is 11.3 Å². The number of hydrogen-bond donors (Lipinski definition) is 3. The van der Waals surface area contributed by atoms with Crippen LogP contribution in [-0.4, -0.2) is 70.6 Å². The maximum Gasteiger partial charge on any atom is 0.341 e. The van der Waals surface area contributed by atoms with E-state index in [2.05, 4.69) is 4.90 Å². The second-order valence-corrected chi connectivity index (χ2v) is 6.86. The SMILES string of the molecule is C[C@@H](CO)n1cc(C(=O)O)c(=O)c2cc(F)c(N3CCN(C)CC3)c(O)c21. The molecule has 1 aliphatic rings. The Morgan fingerprint density at radius 2 is 1.93 bits per heavy atom. The average molecular weight is 379 g/mol. The number of nitrogens with zero attached hydrogens (tertiary/aromatic N) is 3. The van der Waals surface area contributed by atoms with Gasteiger partial charge in [0.25, 0.3) is 0 Å². The molecular weight excluding hydrogens is 357 g/mol. The molecule has 1 aliphatic heterocycles. The molecule has 0 amide bonds. The van der Waals surface area contributed by atoms with Crippen LogP contribution in [0.2, 0.25) is 0 Å². The topological polar surface area (TPSA) is 106 Å². The summed E-state index contributed by atoms with van der Waals surface area (Å²) in [7, 11) is 1.95. The molecule has 2 aromatic rings. The Morgan fingerprint density at radius 3 is 2.48 bits per heavy atom. The molecule has 27 heavy (non-hydrogen) atoms. The average Bonchev–Trinajstić information content (AvgIpc) is 2.63. The highest BCUT2D eigenvalue weighted by Gasteiger charge is 2.27. The van der Waals surface area contributed by atoms with Crippen molar-refractivity contribution in [3.63, 3.8) is 0 Å². The van der Waals surface area contributed by atoms with Crippen LogP contribution in [0.15, 0.2) is 17.1 Å². The summed E-state index contributed by atoms with van der Waals surface area (Å²) in [6, 6.07) is 0.348. The van der Waals surface area contributed by atoms with E-state index < -0.39 is 34.6 Å². The van der Waals surface area contributed by atoms with Gasteiger partial charge in [0.2, 0.25) is 5.43 Å². The van der Waals surface area contributed by atoms with Crippen LogP contribution in [-0.2, 0) is 0 Å². The molecule has 1 saturated heterocycles. The lowest BCUT2D eigenvalue weighted by Crippen LogP contribution is -2.44. The highest BCUT2D eigenvalue weighted by atomic mass is 19.1. The molecule has 0 radical (unpaired) electrons. The number of anilines is 1. The molecule has 0 spiro atoms. The molecule has 9 heteroatoms. The highest BCUT2D eigenvalue weighted by Crippen LogP contribution is 2.38. The van der Waals surface area contributed by atoms with E-state index in [9.17, 15) is 29.3 Å². The number of phenolic OH excluding ortho intramolecular Hbond substituents is 1. The Labute approximate surface area is 154 Å². The van der Waals surface area contributed by atoms with Crippen LogP contribution in [0.1, 0.15) is 23.3 Å². The summed E-state index contributed by atoms with van der Waals surface area (Å²) in [5.41, 5.74) is -1.43. The van der Waals surface area contributed by atoms with Gasteiger partial charge >= 0.3 is 5.97 Å². The fourth-order valence-corrected chi connectivity index (χ4v) is 3.38. The van der Waals surface area contributed by atoms with Crippen molar-refractivity contribution in [2.45, 2.75) is 13.0 Å². The van der Waals surface area contributed by atoms with Gasteiger partial charge in [-0.3, -0.25) is 4.79 Å². The lowest BCUT2D eigenvalue weighted by molar-refractivity contribution is 0.0694. The van der Waals surface area contributed by atoms with E-state index in [-0.39, 0.29) is 23.2 Å². The number of halogens is 1. The number of aromatic nitrogens is 1. The van der Waals surface area contributed by atoms with E-state index in [4.69, 9.17) is 0 Å². The van der Waals surface area contributed by atoms with Gasteiger partial charge in [-0.2, -0.15) is 0 Å². The fourth-order valence-electron chi connectivity index (χ4n) is 3.38. The van der Waals surface area contributed by atoms with Crippen molar-refractivity contribution >= 4 is 22.6 Å². The third-order valence-corrected chi connectivity index (χ3v) is 5.01. The summed E-state index contributed by atoms with van der Waals surface area (Å²) in [6.07, 6.45) is 1.08. The number of rotatable bonds is 4. The van der Waals surface area contributed by atoms with Crippen LogP contribution in [0.25, 0.3) is 10.9 Å². The largest absolute Gasteiger partial charge is 0.504 e. The number of aromatic hydroxyl groups is 1. The minimum atomic E-state index is -1.45. The van der Waals surface area contributed by atoms with E-state index in [1.165, 1.54) is 4.57 Å². The Bertz CT molecular complexity index is 950. The first-order valence-electron chi connectivity index (χ1n) is 8.64. The number of phenols is 1. The van der Waals surface area contributed by atoms with Crippen LogP contribution in [0.4, 0.5) is 10.1 Å². The summed E-state index contributed by atoms with van der Waals surface area (Å²) < 4.78 is 16.1. The van der Waals surface area contributed by atoms with E-state index in [1.54, 1.807) is 11.8 Å². The molecule has 8 nitrogen and oxygen atoms in total. The predicted octanol–water partition coefficient (Wildman–Crippen LogP) is 0.850. The van der Waals surface area contributed by atoms with Crippen LogP contribution in [0.5, 0.6) is 5.75 Å². The van der Waals surface area contributed by atoms with Crippen LogP contribution in [0, 0.1) is 5.82 Å². The summed E-state index contributed by atoms with van der Waals surface area (Å²) in [6.45, 7) is 3.63. The van der Waals surface area contributed by atoms with Gasteiger partial charge in [-0.15, -0.1) is 0 Å². The fraction of sp³-hybridized carbons (Fsp3) is 0.444. The van der Waals surface area contributed by atoms with Crippen molar-refractivity contribution in [3.8, 4) is 5.75 Å². The van der Waals surface area contributed by atoms with Gasteiger partial charge in [0.15, 0.2) is 11.6 Å². The van der Waals surface area contributed by atoms with Crippen LogP contribution < -0.4 is 10.3 Å². The number of piperazine rings is 1. The number of aliphatic hydroxyl groups excluding tert-OH is 1. The maximum absolute atomic E-state index is 14.8. The van der Waals surface area contributed by atoms with Gasteiger partial charge in [-0.25, -0.2) is 9.18 Å². The molecule has 146 valence electrons. The molecule has 1 fully saturated rings. The molecule has 0 saturated carbocycles. The molecule has 0 unspecified atom stereocenters. The Hall–Kier alpha value is -2.65. The summed E-state index contributed by atoms with van der Waals surface area (Å²) in [5.74, 6) is -2.67. The first kappa shape index (κ1) is 19.1. The summed E-state index contributed by atoms with van der Waals surface area (Å²) in [4.78, 5) is 27.7. The van der Waals surface area contributed by atoms with Crippen molar-refractivity contribution in [3.05, 3.63) is 33.9 Å². The molecule has 1 aromatic carbocycles. The standard InChI is InChI=1S/C18H22FN3O5/c1-10(9-23)22-8-12(18(26)27)16(24)11-7-13(19)15(17(25)14(11)22)21-5-3-20(2)4-6-21/h7-8,10,23,25H,3-6,9H2,1-2H3,(H,26,27)/t10-/m0/s1. The normalized spacial score (nSPS) is 16.7. The number of carboxylic acid groups (broad SMARTS) is 1. The number of benzene rings is 1. The first-order valence-corrected chi connectivity index (χ1v) is 8.64. The van der Waals surface area contributed by atoms with Crippen molar-refractivity contribution in [1.29, 1.82) is 0 Å². The number of likely N-dealkylation sites (N-methyl/N-ethyl adjacent to an activating group) is 1. The summed E-state index contributed by atoms with van der Waals surface area (Å²) in [5, 5.41) is 29.4. The van der Waals surface area contributed by atoms with Gasteiger partial charge < -0.3 is 29.7 Å². The minimum Gasteiger partial charge on any atom is -0.504 e. The molecule has 1 atom stereocenters. The number of fused-ring (bicyclic) bond motifs is 1. The van der Waals surface area contributed by atoms with E-state index in [0.29, 0.717) is 26.2 Å². The highest BCUT2D eigenvalue weighted by molar-refractivity contribution is 5.96. The zero-order valence-electron chi connectivity index (χ0n) is 15.1. The number of aromatic carboxylic acids is 1. The quantitative estimate of drug-likeness (QED) is 0.723. The van der Waals surface area contributed by atoms with E-state index >= 15 is 0 Å². The Balaban J connectivity index is 2.32. The third-order valence-electron chi connectivity index (χ3n) is 5.01. The zero-order valence-corrected chi connectivity index (χ0v) is 15.1. The van der Waals surface area contributed by atoms with Crippen molar-refractivity contribution in [2.75, 3.05) is 44.7 Å². The van der Waals surface area contributed by atoms with Crippen molar-refractivity contribution in [2.24, 2.45) is 0 Å². The van der Waals surface area contributed by atoms with Crippen molar-refractivity contribution < 1.29 is 24.5 Å². The molecule has 0 bridgehead atoms. The molecule has 3 N–H and O–H groups in total. The second-order valence-electron chi connectivity index (χ2n) is 6.86. The number of pyridine rings is 1. The van der Waals surface area contributed by atoms with Crippen LogP contribution >= 0.6 is 0 Å². The van der Waals surface area contributed by atoms with Crippen molar-refractivity contribution in [1.82, 2.24) is 9.47 Å². The predicted molar refractivity (Wildman–Crippen MR) is 98.3 cm³/mol. The lowest BCUT2D eigenvalue weighted by Gasteiger charge is -2.35. The third kappa shape index (κ3) is 3.24. The van der Waals surface area contributed by atoms with Gasteiger partial charge in [0.05, 0.1) is 23.6 Å². The van der Waals surface area contributed by atoms with E-state index in [0.717, 1.165) is 12.3 Å². The Morgan fingerprint density at radius 1 is 1.30 bits per heavy atom. The number of aliphatic hydroxyl groups is 1. The first-order chi connectivity index (χ1) is 12.8. The minimum absolute atomic E-state index is 0.0156. The van der Waals surface area contributed by atoms with E-state index in [1.807, 2.05) is 7.05 Å². The molecule has 1 aromatic heterocycles. The molecule has 2 heterocycles. The van der Waals surface area contributed by atoms with Gasteiger partial charge in [0, 0.05) is 32.4 Å². The molecule has 3 rings (SSSR count). The Kier molecular flexibility index (Phi) is 5.07. The second kappa shape index (κ2) is 7.16. The molecule has 0 aliphatic carbocycles. The smallest absolute Gasteiger partial charge is 0.341 e. The lowest BCUT2D eigenvalue weighted by atomic mass is 10.1. The van der Waals surface area contributed by atoms with Gasteiger partial charge in [-0.05, 0) is 20.0 Å². The summed E-state index contributed by atoms with van der Waals surface area (Å²) >= 11 is 0. The maximum atomic E-state index is 14.8. The number of carboxylic acids is 1.